The number of aryl methyl sites for hydroxylation is 2. The third kappa shape index (κ3) is 1.48. The van der Waals surface area contributed by atoms with Crippen LogP contribution in [0.4, 0.5) is 0 Å². The molecule has 1 unspecified atom stereocenters. The van der Waals surface area contributed by atoms with Crippen LogP contribution in [0.2, 0.25) is 0 Å². The summed E-state index contributed by atoms with van der Waals surface area (Å²) >= 11 is 0. The van der Waals surface area contributed by atoms with Crippen LogP contribution in [0.25, 0.3) is 5.65 Å². The highest BCUT2D eigenvalue weighted by atomic mass is 15.3. The first kappa shape index (κ1) is 10.0. The van der Waals surface area contributed by atoms with Gasteiger partial charge in [0.1, 0.15) is 6.33 Å². The van der Waals surface area contributed by atoms with Crippen molar-refractivity contribution in [2.24, 2.45) is 5.73 Å². The number of hydrogen-bond donors (Lipinski definition) is 1. The summed E-state index contributed by atoms with van der Waals surface area (Å²) in [4.78, 5) is 4.32. The molecular weight excluding hydrogens is 190 g/mol. The lowest BCUT2D eigenvalue weighted by Gasteiger charge is -2.06. The average Bonchev–Trinajstić information content (AvgIpc) is 2.61. The van der Waals surface area contributed by atoms with Gasteiger partial charge in [-0.1, -0.05) is 6.92 Å². The van der Waals surface area contributed by atoms with E-state index in [9.17, 15) is 0 Å². The molecule has 1 atom stereocenters. The van der Waals surface area contributed by atoms with E-state index in [0.717, 1.165) is 29.1 Å². The highest BCUT2D eigenvalue weighted by molar-refractivity contribution is 5.49. The summed E-state index contributed by atoms with van der Waals surface area (Å²) in [6.45, 7) is 5.96. The number of fused-ring (bicyclic) bond motifs is 1. The molecule has 0 fully saturated rings. The predicted molar refractivity (Wildman–Crippen MR) is 57.5 cm³/mol. The van der Waals surface area contributed by atoms with Crippen LogP contribution in [0.5, 0.6) is 0 Å². The number of nitrogens with two attached hydrogens (primary N) is 1. The van der Waals surface area contributed by atoms with Crippen molar-refractivity contribution in [2.45, 2.75) is 33.2 Å². The summed E-state index contributed by atoms with van der Waals surface area (Å²) in [6, 6.07) is -0.130. The zero-order chi connectivity index (χ0) is 11.0. The molecule has 0 bridgehead atoms. The number of rotatable bonds is 2. The van der Waals surface area contributed by atoms with Crippen LogP contribution in [-0.4, -0.2) is 19.6 Å². The van der Waals surface area contributed by atoms with Crippen LogP contribution in [-0.2, 0) is 6.42 Å². The van der Waals surface area contributed by atoms with Gasteiger partial charge in [-0.05, 0) is 20.3 Å². The molecule has 0 aliphatic heterocycles. The smallest absolute Gasteiger partial charge is 0.167 e. The highest BCUT2D eigenvalue weighted by Crippen LogP contribution is 2.15. The van der Waals surface area contributed by atoms with Crippen LogP contribution in [0, 0.1) is 6.92 Å². The quantitative estimate of drug-likeness (QED) is 0.794. The van der Waals surface area contributed by atoms with Crippen LogP contribution < -0.4 is 5.73 Å². The van der Waals surface area contributed by atoms with Crippen molar-refractivity contribution in [3.05, 3.63) is 23.4 Å². The molecule has 2 aromatic heterocycles. The molecule has 0 saturated carbocycles. The molecule has 5 nitrogen and oxygen atoms in total. The topological polar surface area (TPSA) is 69.1 Å². The van der Waals surface area contributed by atoms with Crippen LogP contribution >= 0.6 is 0 Å². The Morgan fingerprint density at radius 2 is 2.20 bits per heavy atom. The lowest BCUT2D eigenvalue weighted by Crippen LogP contribution is -2.10. The van der Waals surface area contributed by atoms with Crippen molar-refractivity contribution in [2.75, 3.05) is 0 Å². The summed E-state index contributed by atoms with van der Waals surface area (Å²) in [7, 11) is 0. The van der Waals surface area contributed by atoms with Crippen molar-refractivity contribution < 1.29 is 0 Å². The Labute approximate surface area is 88.3 Å². The van der Waals surface area contributed by atoms with E-state index in [2.05, 4.69) is 22.1 Å². The Hall–Kier alpha value is -1.49. The molecule has 0 aliphatic rings. The van der Waals surface area contributed by atoms with E-state index in [-0.39, 0.29) is 6.04 Å². The molecule has 0 spiro atoms. The molecule has 15 heavy (non-hydrogen) atoms. The van der Waals surface area contributed by atoms with Gasteiger partial charge in [0.05, 0.1) is 6.04 Å². The van der Waals surface area contributed by atoms with Crippen molar-refractivity contribution in [3.63, 3.8) is 0 Å². The normalized spacial score (nSPS) is 13.3. The molecule has 2 aromatic rings. The molecular formula is C10H15N5. The van der Waals surface area contributed by atoms with Crippen molar-refractivity contribution in [1.29, 1.82) is 0 Å². The van der Waals surface area contributed by atoms with Crippen LogP contribution in [0.1, 0.15) is 37.0 Å². The maximum atomic E-state index is 5.80. The van der Waals surface area contributed by atoms with E-state index in [1.807, 2.05) is 18.2 Å². The lowest BCUT2D eigenvalue weighted by atomic mass is 10.2. The maximum absolute atomic E-state index is 5.80. The Morgan fingerprint density at radius 3 is 2.80 bits per heavy atom. The van der Waals surface area contributed by atoms with Crippen molar-refractivity contribution >= 4 is 5.65 Å². The predicted octanol–water partition coefficient (Wildman–Crippen LogP) is 1.01. The lowest BCUT2D eigenvalue weighted by molar-refractivity contribution is 0.721. The second kappa shape index (κ2) is 3.58. The van der Waals surface area contributed by atoms with Gasteiger partial charge in [0.15, 0.2) is 11.5 Å². The third-order valence-corrected chi connectivity index (χ3v) is 2.56. The number of hydrogen-bond acceptors (Lipinski definition) is 4. The summed E-state index contributed by atoms with van der Waals surface area (Å²) < 4.78 is 1.87. The summed E-state index contributed by atoms with van der Waals surface area (Å²) in [6.07, 6.45) is 2.64. The van der Waals surface area contributed by atoms with Gasteiger partial charge in [0, 0.05) is 11.3 Å². The molecule has 2 heterocycles. The van der Waals surface area contributed by atoms with Crippen molar-refractivity contribution in [1.82, 2.24) is 19.6 Å². The standard InChI is InChI=1S/C10H15N5/c1-4-8-7(3)12-5-15-9(6(2)11)13-14-10(8)15/h5-6H,4,11H2,1-3H3. The van der Waals surface area contributed by atoms with E-state index in [1.54, 1.807) is 6.33 Å². The summed E-state index contributed by atoms with van der Waals surface area (Å²) in [5, 5.41) is 8.26. The minimum atomic E-state index is -0.130. The van der Waals surface area contributed by atoms with E-state index in [0.29, 0.717) is 0 Å². The maximum Gasteiger partial charge on any atom is 0.167 e. The fraction of sp³-hybridized carbons (Fsp3) is 0.500. The Kier molecular flexibility index (Phi) is 2.40. The summed E-state index contributed by atoms with van der Waals surface area (Å²) in [5.74, 6) is 0.757. The molecule has 0 amide bonds. The van der Waals surface area contributed by atoms with Crippen LogP contribution in [0.15, 0.2) is 6.33 Å². The Morgan fingerprint density at radius 1 is 1.47 bits per heavy atom. The highest BCUT2D eigenvalue weighted by Gasteiger charge is 2.13. The zero-order valence-electron chi connectivity index (χ0n) is 9.23. The minimum Gasteiger partial charge on any atom is -0.322 e. The molecule has 0 saturated heterocycles. The Balaban J connectivity index is 2.74. The number of nitrogens with zero attached hydrogens (tertiary/aromatic N) is 4. The summed E-state index contributed by atoms with van der Waals surface area (Å²) in [5.41, 5.74) is 8.82. The van der Waals surface area contributed by atoms with Crippen LogP contribution in [0.3, 0.4) is 0 Å². The fourth-order valence-electron chi connectivity index (χ4n) is 1.73. The second-order valence-electron chi connectivity index (χ2n) is 3.70. The second-order valence-corrected chi connectivity index (χ2v) is 3.70. The fourth-order valence-corrected chi connectivity index (χ4v) is 1.73. The zero-order valence-corrected chi connectivity index (χ0v) is 9.23. The first-order chi connectivity index (χ1) is 7.15. The van der Waals surface area contributed by atoms with Gasteiger partial charge in [-0.25, -0.2) is 4.98 Å². The van der Waals surface area contributed by atoms with Gasteiger partial charge < -0.3 is 5.73 Å². The molecule has 2 rings (SSSR count). The first-order valence-electron chi connectivity index (χ1n) is 5.09. The van der Waals surface area contributed by atoms with Gasteiger partial charge >= 0.3 is 0 Å². The first-order valence-corrected chi connectivity index (χ1v) is 5.09. The molecule has 80 valence electrons. The Bertz CT molecular complexity index is 486. The van der Waals surface area contributed by atoms with Gasteiger partial charge in [-0.15, -0.1) is 10.2 Å². The molecule has 0 aliphatic carbocycles. The molecule has 5 heteroatoms. The van der Waals surface area contributed by atoms with E-state index < -0.39 is 0 Å². The van der Waals surface area contributed by atoms with Gasteiger partial charge in [-0.2, -0.15) is 0 Å². The molecule has 2 N–H and O–H groups in total. The molecule has 0 aromatic carbocycles. The van der Waals surface area contributed by atoms with Gasteiger partial charge in [-0.3, -0.25) is 4.40 Å². The number of aromatic nitrogens is 4. The largest absolute Gasteiger partial charge is 0.322 e. The molecule has 0 radical (unpaired) electrons. The van der Waals surface area contributed by atoms with Gasteiger partial charge in [0.2, 0.25) is 0 Å². The van der Waals surface area contributed by atoms with E-state index in [4.69, 9.17) is 5.73 Å². The third-order valence-electron chi connectivity index (χ3n) is 2.56. The monoisotopic (exact) mass is 205 g/mol. The van der Waals surface area contributed by atoms with E-state index in [1.165, 1.54) is 0 Å². The van der Waals surface area contributed by atoms with Crippen molar-refractivity contribution in [3.8, 4) is 0 Å². The minimum absolute atomic E-state index is 0.130. The van der Waals surface area contributed by atoms with E-state index >= 15 is 0 Å². The average molecular weight is 205 g/mol. The SMILES string of the molecule is CCc1c(C)ncn2c(C(C)N)nnc12. The van der Waals surface area contributed by atoms with Gasteiger partial charge in [0.25, 0.3) is 0 Å².